The molecule has 0 spiro atoms. The summed E-state index contributed by atoms with van der Waals surface area (Å²) in [6.07, 6.45) is 5.30. The lowest BCUT2D eigenvalue weighted by molar-refractivity contribution is -0.140. The number of carbonyl (C=O) groups is 6. The lowest BCUT2D eigenvalue weighted by Crippen LogP contribution is -2.39. The standard InChI is InChI=1S/C38H41N5O7.C10H17NO4.C10H13N.2C2H6/c1-22(39-2)37(45)42-27-11-23(20-49-35-16-30(40-3)26(19-44)14-33(35)47-4)10-24(12-27)21-50-36-17-31-29(15-34(36)48-5)38(46)43-28(18-41-31)13-25-8-6-7-9-32(25)43;1-8(7-12)11-9(13)5-3-4-6-10(14)15-2;1-8-7-9-5-3-4-6-10(9)11(8)2;2*1-2/h6-12,14-17,19,22,28,39-41H,13,18,20-21H2,1-5H3,(H,42,45);7-8H,3-6H2,1-2H3,(H,11,13);3-6,8H,7H2,1-2H3;2*1-2H3/t;2*8-;;/m.01../s1. The van der Waals surface area contributed by atoms with Crippen LogP contribution in [0.5, 0.6) is 23.0 Å². The number of nitrogens with one attached hydrogen (secondary N) is 5. The Bertz CT molecular complexity index is 2860. The van der Waals surface area contributed by atoms with E-state index in [2.05, 4.69) is 80.5 Å². The molecular formula is C62H83N7O11. The highest BCUT2D eigenvalue weighted by molar-refractivity contribution is 6.12. The van der Waals surface area contributed by atoms with Gasteiger partial charge in [-0.25, -0.2) is 0 Å². The second-order valence-electron chi connectivity index (χ2n) is 18.7. The van der Waals surface area contributed by atoms with Gasteiger partial charge in [-0.1, -0.05) is 64.1 Å². The van der Waals surface area contributed by atoms with Crippen LogP contribution in [-0.4, -0.2) is 109 Å². The van der Waals surface area contributed by atoms with Crippen molar-refractivity contribution in [2.45, 2.75) is 124 Å². The van der Waals surface area contributed by atoms with Crippen LogP contribution in [0.4, 0.5) is 28.4 Å². The Labute approximate surface area is 472 Å². The van der Waals surface area contributed by atoms with Gasteiger partial charge in [0.25, 0.3) is 5.91 Å². The summed E-state index contributed by atoms with van der Waals surface area (Å²) in [6, 6.07) is 28.9. The molecule has 2 unspecified atom stereocenters. The predicted molar refractivity (Wildman–Crippen MR) is 317 cm³/mol. The third-order valence-electron chi connectivity index (χ3n) is 13.4. The van der Waals surface area contributed by atoms with Gasteiger partial charge in [-0.15, -0.1) is 0 Å². The Morgan fingerprint density at radius 3 is 1.91 bits per heavy atom. The predicted octanol–water partition coefficient (Wildman–Crippen LogP) is 9.80. The molecule has 5 aromatic carbocycles. The van der Waals surface area contributed by atoms with Gasteiger partial charge in [0.05, 0.1) is 50.7 Å². The second-order valence-corrected chi connectivity index (χ2v) is 18.7. The molecule has 5 aromatic rings. The van der Waals surface area contributed by atoms with Crippen molar-refractivity contribution in [1.29, 1.82) is 0 Å². The number of likely N-dealkylation sites (N-methyl/N-ethyl adjacent to an activating group) is 2. The third kappa shape index (κ3) is 17.4. The van der Waals surface area contributed by atoms with Crippen LogP contribution >= 0.6 is 0 Å². The second kappa shape index (κ2) is 32.7. The van der Waals surface area contributed by atoms with E-state index in [-0.39, 0.29) is 42.9 Å². The number of esters is 1. The van der Waals surface area contributed by atoms with Gasteiger partial charge in [-0.05, 0) is 118 Å². The van der Waals surface area contributed by atoms with Crippen molar-refractivity contribution >= 4 is 64.7 Å². The lowest BCUT2D eigenvalue weighted by atomic mass is 10.1. The van der Waals surface area contributed by atoms with E-state index in [1.807, 2.05) is 69.0 Å². The molecule has 0 fully saturated rings. The highest BCUT2D eigenvalue weighted by Crippen LogP contribution is 2.41. The van der Waals surface area contributed by atoms with E-state index in [1.165, 1.54) is 31.9 Å². The lowest BCUT2D eigenvalue weighted by Gasteiger charge is -2.22. The molecular weight excluding hydrogens is 1020 g/mol. The highest BCUT2D eigenvalue weighted by atomic mass is 16.5. The van der Waals surface area contributed by atoms with Crippen molar-refractivity contribution in [2.24, 2.45) is 0 Å². The molecule has 0 saturated carbocycles. The Morgan fingerprint density at radius 1 is 0.750 bits per heavy atom. The molecule has 3 aliphatic rings. The Hall–Kier alpha value is -8.12. The molecule has 3 aliphatic heterocycles. The molecule has 18 nitrogen and oxygen atoms in total. The highest BCUT2D eigenvalue weighted by Gasteiger charge is 2.38. The number of ether oxygens (including phenoxy) is 5. The van der Waals surface area contributed by atoms with Crippen molar-refractivity contribution in [3.8, 4) is 23.0 Å². The van der Waals surface area contributed by atoms with Gasteiger partial charge in [-0.3, -0.25) is 24.0 Å². The number of carbonyl (C=O) groups excluding carboxylic acids is 6. The largest absolute Gasteiger partial charge is 0.493 e. The first-order chi connectivity index (χ1) is 38.6. The van der Waals surface area contributed by atoms with E-state index < -0.39 is 12.1 Å². The minimum Gasteiger partial charge on any atom is -0.493 e. The number of anilines is 5. The zero-order valence-electron chi connectivity index (χ0n) is 48.9. The average molecular weight is 1100 g/mol. The first kappa shape index (κ1) is 64.4. The molecule has 0 saturated heterocycles. The summed E-state index contributed by atoms with van der Waals surface area (Å²) in [5.74, 6) is 1.02. The minimum atomic E-state index is -0.446. The number of para-hydroxylation sites is 2. The molecule has 8 rings (SSSR count). The maximum atomic E-state index is 13.9. The fourth-order valence-electron chi connectivity index (χ4n) is 9.02. The van der Waals surface area contributed by atoms with Gasteiger partial charge in [0.15, 0.2) is 29.3 Å². The number of fused-ring (bicyclic) bond motifs is 5. The number of nitrogens with zero attached hydrogens (tertiary/aromatic N) is 2. The van der Waals surface area contributed by atoms with Gasteiger partial charge < -0.3 is 64.9 Å². The van der Waals surface area contributed by atoms with Gasteiger partial charge >= 0.3 is 5.97 Å². The van der Waals surface area contributed by atoms with E-state index in [0.29, 0.717) is 95.7 Å². The molecule has 0 aromatic heterocycles. The van der Waals surface area contributed by atoms with Crippen LogP contribution in [0, 0.1) is 0 Å². The number of methoxy groups -OCH3 is 3. The third-order valence-corrected chi connectivity index (χ3v) is 13.4. The van der Waals surface area contributed by atoms with Crippen molar-refractivity contribution in [3.05, 3.63) is 124 Å². The zero-order valence-corrected chi connectivity index (χ0v) is 48.9. The van der Waals surface area contributed by atoms with Crippen LogP contribution < -0.4 is 55.3 Å². The van der Waals surface area contributed by atoms with Gasteiger partial charge in [-0.2, -0.15) is 0 Å². The molecule has 432 valence electrons. The van der Waals surface area contributed by atoms with Gasteiger partial charge in [0.1, 0.15) is 19.5 Å². The molecule has 3 heterocycles. The molecule has 3 amide bonds. The quantitative estimate of drug-likeness (QED) is 0.0279. The molecule has 4 atom stereocenters. The van der Waals surface area contributed by atoms with Gasteiger partial charge in [0.2, 0.25) is 11.8 Å². The van der Waals surface area contributed by atoms with Crippen molar-refractivity contribution in [1.82, 2.24) is 10.6 Å². The molecule has 0 bridgehead atoms. The minimum absolute atomic E-state index is 0.000344. The molecule has 18 heteroatoms. The molecule has 0 aliphatic carbocycles. The number of rotatable bonds is 20. The first-order valence-corrected chi connectivity index (χ1v) is 27.4. The van der Waals surface area contributed by atoms with Crippen molar-refractivity contribution in [2.75, 3.05) is 74.8 Å². The maximum absolute atomic E-state index is 13.9. The number of benzene rings is 5. The topological polar surface area (TPSA) is 215 Å². The van der Waals surface area contributed by atoms with Crippen LogP contribution in [0.3, 0.4) is 0 Å². The van der Waals surface area contributed by atoms with Crippen molar-refractivity contribution < 1.29 is 52.5 Å². The summed E-state index contributed by atoms with van der Waals surface area (Å²) < 4.78 is 28.1. The summed E-state index contributed by atoms with van der Waals surface area (Å²) in [7, 11) is 9.99. The Balaban J connectivity index is 0.000000373. The number of unbranched alkanes of at least 4 members (excludes halogenated alkanes) is 1. The summed E-state index contributed by atoms with van der Waals surface area (Å²) in [4.78, 5) is 74.5. The summed E-state index contributed by atoms with van der Waals surface area (Å²) in [6.45, 7) is 14.5. The summed E-state index contributed by atoms with van der Waals surface area (Å²) >= 11 is 0. The summed E-state index contributed by atoms with van der Waals surface area (Å²) in [5.41, 5.74) is 9.29. The SMILES string of the molecule is CC.CC.CNc1cc(OCc2cc(COc3cc4c(cc3OC)C(=O)N3c5ccccc5CC3CN4)cc(NC(=O)C(C)NC)c2)c(OC)cc1C=O.COC(=O)CCCCC(=O)N[C@@H](C)C=O.C[C@@H]1Cc2ccccc2N1C. The number of aldehydes is 2. The molecule has 0 radical (unpaired) electrons. The Kier molecular flexibility index (Phi) is 26.3. The van der Waals surface area contributed by atoms with Crippen LogP contribution in [0.2, 0.25) is 0 Å². The van der Waals surface area contributed by atoms with Crippen LogP contribution in [0.15, 0.2) is 91.0 Å². The average Bonchev–Trinajstić information content (AvgIpc) is 4.03. The first-order valence-electron chi connectivity index (χ1n) is 27.4. The van der Waals surface area contributed by atoms with Crippen LogP contribution in [0.1, 0.15) is 117 Å². The van der Waals surface area contributed by atoms with E-state index in [9.17, 15) is 28.8 Å². The fraction of sp³-hybridized carbons (Fsp3) is 0.419. The number of hydrogen-bond donors (Lipinski definition) is 5. The van der Waals surface area contributed by atoms with E-state index in [0.717, 1.165) is 35.1 Å². The van der Waals surface area contributed by atoms with Crippen LogP contribution in [0.25, 0.3) is 0 Å². The monoisotopic (exact) mass is 1100 g/mol. The molecule has 5 N–H and O–H groups in total. The maximum Gasteiger partial charge on any atom is 0.305 e. The smallest absolute Gasteiger partial charge is 0.305 e. The normalized spacial score (nSPS) is 14.7. The van der Waals surface area contributed by atoms with E-state index >= 15 is 0 Å². The Morgan fingerprint density at radius 2 is 1.34 bits per heavy atom. The van der Waals surface area contributed by atoms with Crippen LogP contribution in [-0.2, 0) is 50.0 Å². The van der Waals surface area contributed by atoms with Gasteiger partial charge in [0, 0.05) is 80.0 Å². The van der Waals surface area contributed by atoms with E-state index in [1.54, 1.807) is 59.3 Å². The van der Waals surface area contributed by atoms with E-state index in [4.69, 9.17) is 18.9 Å². The zero-order chi connectivity index (χ0) is 58.9. The molecule has 80 heavy (non-hydrogen) atoms. The number of hydrogen-bond acceptors (Lipinski definition) is 15. The van der Waals surface area contributed by atoms with Crippen molar-refractivity contribution in [3.63, 3.8) is 0 Å². The number of amides is 3. The fourth-order valence-corrected chi connectivity index (χ4v) is 9.02. The summed E-state index contributed by atoms with van der Waals surface area (Å²) in [5, 5.41) is 14.9.